The van der Waals surface area contributed by atoms with Crippen molar-refractivity contribution in [3.8, 4) is 0 Å². The number of hydrogen-bond acceptors (Lipinski definition) is 2. The van der Waals surface area contributed by atoms with Crippen LogP contribution in [0.5, 0.6) is 0 Å². The Balaban J connectivity index is 3.12. The molecule has 0 aliphatic heterocycles. The Morgan fingerprint density at radius 2 is 2.15 bits per heavy atom. The van der Waals surface area contributed by atoms with Crippen LogP contribution >= 0.6 is 0 Å². The average Bonchev–Trinajstić information content (AvgIpc) is 2.16. The molecular formula is C11H18O2. The lowest BCUT2D eigenvalue weighted by Crippen LogP contribution is -1.98. The maximum absolute atomic E-state index is 10.7. The van der Waals surface area contributed by atoms with E-state index >= 15 is 0 Å². The molecule has 0 bridgehead atoms. The van der Waals surface area contributed by atoms with Crippen LogP contribution in [0.15, 0.2) is 24.8 Å². The first-order chi connectivity index (χ1) is 6.31. The van der Waals surface area contributed by atoms with E-state index in [4.69, 9.17) is 0 Å². The molecule has 0 aromatic heterocycles. The summed E-state index contributed by atoms with van der Waals surface area (Å²) in [4.78, 5) is 10.7. The van der Waals surface area contributed by atoms with E-state index in [1.54, 1.807) is 6.08 Å². The summed E-state index contributed by atoms with van der Waals surface area (Å²) in [6.45, 7) is 3.58. The van der Waals surface area contributed by atoms with Crippen molar-refractivity contribution in [3.05, 3.63) is 24.8 Å². The van der Waals surface area contributed by atoms with Crippen LogP contribution in [-0.4, -0.2) is 13.1 Å². The van der Waals surface area contributed by atoms with Gasteiger partial charge in [0.05, 0.1) is 7.11 Å². The number of allylic oxidation sites excluding steroid dienone is 3. The van der Waals surface area contributed by atoms with Crippen molar-refractivity contribution >= 4 is 5.97 Å². The van der Waals surface area contributed by atoms with E-state index in [1.165, 1.54) is 7.11 Å². The molecule has 0 aliphatic carbocycles. The van der Waals surface area contributed by atoms with Crippen molar-refractivity contribution in [2.24, 2.45) is 0 Å². The third-order valence-electron chi connectivity index (χ3n) is 1.75. The first-order valence-corrected chi connectivity index (χ1v) is 4.65. The van der Waals surface area contributed by atoms with Gasteiger partial charge in [-0.05, 0) is 19.3 Å². The van der Waals surface area contributed by atoms with Gasteiger partial charge >= 0.3 is 5.97 Å². The number of hydrogen-bond donors (Lipinski definition) is 0. The van der Waals surface area contributed by atoms with Gasteiger partial charge in [0.1, 0.15) is 0 Å². The van der Waals surface area contributed by atoms with Crippen LogP contribution in [0.2, 0.25) is 0 Å². The lowest BCUT2D eigenvalue weighted by atomic mass is 10.1. The second kappa shape index (κ2) is 9.04. The van der Waals surface area contributed by atoms with Crippen molar-refractivity contribution in [1.29, 1.82) is 0 Å². The summed E-state index contributed by atoms with van der Waals surface area (Å²) in [5.41, 5.74) is 0. The summed E-state index contributed by atoms with van der Waals surface area (Å²) in [5.74, 6) is -0.110. The molecule has 0 atom stereocenters. The minimum absolute atomic E-state index is 0.110. The van der Waals surface area contributed by atoms with Gasteiger partial charge in [0, 0.05) is 6.42 Å². The Kier molecular flexibility index (Phi) is 8.31. The normalized spacial score (nSPS) is 10.2. The van der Waals surface area contributed by atoms with Gasteiger partial charge in [0.25, 0.3) is 0 Å². The molecule has 0 aliphatic rings. The highest BCUT2D eigenvalue weighted by Crippen LogP contribution is 2.04. The Labute approximate surface area is 80.3 Å². The molecule has 0 fully saturated rings. The van der Waals surface area contributed by atoms with E-state index in [0.29, 0.717) is 6.42 Å². The highest BCUT2D eigenvalue weighted by atomic mass is 16.5. The molecule has 0 radical (unpaired) electrons. The predicted molar refractivity (Wildman–Crippen MR) is 54.4 cm³/mol. The first-order valence-electron chi connectivity index (χ1n) is 4.65. The summed E-state index contributed by atoms with van der Waals surface area (Å²) < 4.78 is 4.53. The summed E-state index contributed by atoms with van der Waals surface area (Å²) in [6, 6.07) is 0. The number of unbranched alkanes of at least 4 members (excludes halogenated alkanes) is 3. The molecule has 0 unspecified atom stereocenters. The van der Waals surface area contributed by atoms with Crippen LogP contribution in [0.4, 0.5) is 0 Å². The Morgan fingerprint density at radius 3 is 2.77 bits per heavy atom. The van der Waals surface area contributed by atoms with Gasteiger partial charge in [-0.15, -0.1) is 0 Å². The number of rotatable bonds is 7. The molecule has 0 aromatic carbocycles. The van der Waals surface area contributed by atoms with Crippen molar-refractivity contribution in [1.82, 2.24) is 0 Å². The lowest BCUT2D eigenvalue weighted by Gasteiger charge is -1.97. The second-order valence-corrected chi connectivity index (χ2v) is 2.84. The zero-order chi connectivity index (χ0) is 9.94. The first kappa shape index (κ1) is 11.9. The smallest absolute Gasteiger partial charge is 0.305 e. The topological polar surface area (TPSA) is 26.3 Å². The molecule has 0 saturated carbocycles. The maximum atomic E-state index is 10.7. The van der Waals surface area contributed by atoms with Crippen LogP contribution in [0.25, 0.3) is 0 Å². The molecule has 2 nitrogen and oxygen atoms in total. The highest BCUT2D eigenvalue weighted by Gasteiger charge is 1.97. The summed E-state index contributed by atoms with van der Waals surface area (Å²) in [6.07, 6.45) is 10.5. The van der Waals surface area contributed by atoms with E-state index in [0.717, 1.165) is 25.7 Å². The van der Waals surface area contributed by atoms with Crippen molar-refractivity contribution < 1.29 is 9.53 Å². The Morgan fingerprint density at radius 1 is 1.38 bits per heavy atom. The zero-order valence-electron chi connectivity index (χ0n) is 8.29. The molecule has 74 valence electrons. The van der Waals surface area contributed by atoms with E-state index < -0.39 is 0 Å². The van der Waals surface area contributed by atoms with Crippen LogP contribution in [0, 0.1) is 0 Å². The second-order valence-electron chi connectivity index (χ2n) is 2.84. The standard InChI is InChI=1S/C11H18O2/c1-3-4-5-6-7-8-9-10-11(12)13-2/h3-5H,1,6-10H2,2H3. The molecule has 0 heterocycles. The van der Waals surface area contributed by atoms with Crippen molar-refractivity contribution in [3.63, 3.8) is 0 Å². The van der Waals surface area contributed by atoms with Crippen molar-refractivity contribution in [2.45, 2.75) is 32.1 Å². The minimum atomic E-state index is -0.110. The molecule has 0 rings (SSSR count). The van der Waals surface area contributed by atoms with E-state index in [-0.39, 0.29) is 5.97 Å². The third-order valence-corrected chi connectivity index (χ3v) is 1.75. The van der Waals surface area contributed by atoms with E-state index in [9.17, 15) is 4.79 Å². The lowest BCUT2D eigenvalue weighted by molar-refractivity contribution is -0.140. The molecular weight excluding hydrogens is 164 g/mol. The third kappa shape index (κ3) is 8.86. The van der Waals surface area contributed by atoms with Gasteiger partial charge < -0.3 is 4.74 Å². The van der Waals surface area contributed by atoms with Gasteiger partial charge in [0.2, 0.25) is 0 Å². The molecule has 2 heteroatoms. The van der Waals surface area contributed by atoms with Gasteiger partial charge in [-0.2, -0.15) is 0 Å². The number of ether oxygens (including phenoxy) is 1. The van der Waals surface area contributed by atoms with Gasteiger partial charge in [0.15, 0.2) is 0 Å². The van der Waals surface area contributed by atoms with Gasteiger partial charge in [-0.1, -0.05) is 31.2 Å². The van der Waals surface area contributed by atoms with Crippen LogP contribution in [-0.2, 0) is 9.53 Å². The van der Waals surface area contributed by atoms with Crippen LogP contribution in [0.1, 0.15) is 32.1 Å². The Bertz CT molecular complexity index is 171. The SMILES string of the molecule is C=CC=CCCCCCC(=O)OC. The summed E-state index contributed by atoms with van der Waals surface area (Å²) in [5, 5.41) is 0. The fourth-order valence-corrected chi connectivity index (χ4v) is 1.00. The minimum Gasteiger partial charge on any atom is -0.469 e. The monoisotopic (exact) mass is 182 g/mol. The predicted octanol–water partition coefficient (Wildman–Crippen LogP) is 2.85. The molecule has 0 aromatic rings. The molecule has 0 N–H and O–H groups in total. The summed E-state index contributed by atoms with van der Waals surface area (Å²) >= 11 is 0. The summed E-state index contributed by atoms with van der Waals surface area (Å²) in [7, 11) is 1.43. The fourth-order valence-electron chi connectivity index (χ4n) is 1.00. The van der Waals surface area contributed by atoms with Crippen LogP contribution in [0.3, 0.4) is 0 Å². The molecule has 13 heavy (non-hydrogen) atoms. The largest absolute Gasteiger partial charge is 0.469 e. The quantitative estimate of drug-likeness (QED) is 0.344. The van der Waals surface area contributed by atoms with E-state index in [1.807, 2.05) is 6.08 Å². The molecule has 0 saturated heterocycles. The van der Waals surface area contributed by atoms with Gasteiger partial charge in [-0.3, -0.25) is 4.79 Å². The molecule has 0 amide bonds. The molecule has 0 spiro atoms. The number of carbonyl (C=O) groups excluding carboxylic acids is 1. The fraction of sp³-hybridized carbons (Fsp3) is 0.545. The van der Waals surface area contributed by atoms with Crippen LogP contribution < -0.4 is 0 Å². The number of esters is 1. The number of methoxy groups -OCH3 is 1. The Hall–Kier alpha value is -1.05. The van der Waals surface area contributed by atoms with Crippen molar-refractivity contribution in [2.75, 3.05) is 7.11 Å². The highest BCUT2D eigenvalue weighted by molar-refractivity contribution is 5.68. The zero-order valence-corrected chi connectivity index (χ0v) is 8.29. The average molecular weight is 182 g/mol. The van der Waals surface area contributed by atoms with E-state index in [2.05, 4.69) is 17.4 Å². The number of carbonyl (C=O) groups is 1. The maximum Gasteiger partial charge on any atom is 0.305 e. The van der Waals surface area contributed by atoms with Gasteiger partial charge in [-0.25, -0.2) is 0 Å².